The molecule has 1 saturated heterocycles. The first-order chi connectivity index (χ1) is 22.6. The zero-order valence-electron chi connectivity index (χ0n) is 27.5. The molecule has 0 aliphatic carbocycles. The van der Waals surface area contributed by atoms with Gasteiger partial charge in [0.05, 0.1) is 6.61 Å². The molecule has 0 aromatic heterocycles. The van der Waals surface area contributed by atoms with Crippen molar-refractivity contribution in [1.29, 1.82) is 0 Å². The number of carbonyl (C=O) groups is 7. The van der Waals surface area contributed by atoms with Crippen LogP contribution in [-0.2, 0) is 68.5 Å². The number of benzene rings is 1. The maximum atomic E-state index is 13.2. The Balaban J connectivity index is 2.27. The van der Waals surface area contributed by atoms with Crippen LogP contribution in [0, 0.1) is 5.92 Å². The fraction of sp³-hybridized carbons (Fsp3) is 0.581. The van der Waals surface area contributed by atoms with E-state index >= 15 is 0 Å². The van der Waals surface area contributed by atoms with Gasteiger partial charge in [-0.2, -0.15) is 0 Å². The van der Waals surface area contributed by atoms with Crippen molar-refractivity contribution in [3.8, 4) is 0 Å². The highest BCUT2D eigenvalue weighted by Gasteiger charge is 2.54. The number of hydrogen-bond donors (Lipinski definition) is 3. The van der Waals surface area contributed by atoms with E-state index in [9.17, 15) is 38.7 Å². The van der Waals surface area contributed by atoms with Crippen LogP contribution in [0.2, 0.25) is 0 Å². The Bertz CT molecular complexity index is 1290. The Morgan fingerprint density at radius 1 is 0.750 bits per heavy atom. The molecular formula is C31H42N2O15. The van der Waals surface area contributed by atoms with Crippen LogP contribution in [0.5, 0.6) is 0 Å². The van der Waals surface area contributed by atoms with E-state index in [1.807, 2.05) is 0 Å². The molecule has 17 heteroatoms. The summed E-state index contributed by atoms with van der Waals surface area (Å²) in [5.41, 5.74) is 0.679. The van der Waals surface area contributed by atoms with Crippen molar-refractivity contribution in [3.63, 3.8) is 0 Å². The molecule has 48 heavy (non-hydrogen) atoms. The third-order valence-corrected chi connectivity index (χ3v) is 6.49. The molecule has 3 N–H and O–H groups in total. The minimum atomic E-state index is -1.84. The molecule has 2 amide bonds. The molecule has 7 atom stereocenters. The molecule has 1 heterocycles. The zero-order chi connectivity index (χ0) is 36.0. The molecule has 1 aliphatic rings. The second-order valence-electron chi connectivity index (χ2n) is 11.1. The lowest BCUT2D eigenvalue weighted by Gasteiger charge is -2.43. The maximum absolute atomic E-state index is 13.2. The fourth-order valence-electron chi connectivity index (χ4n) is 4.55. The molecule has 0 radical (unpaired) electrons. The Kier molecular flexibility index (Phi) is 15.7. The monoisotopic (exact) mass is 682 g/mol. The summed E-state index contributed by atoms with van der Waals surface area (Å²) in [5.74, 6) is -5.35. The van der Waals surface area contributed by atoms with Gasteiger partial charge in [0.25, 0.3) is 0 Å². The van der Waals surface area contributed by atoms with Gasteiger partial charge in [-0.25, -0.2) is 9.59 Å². The van der Waals surface area contributed by atoms with E-state index in [1.165, 1.54) is 0 Å². The lowest BCUT2D eigenvalue weighted by atomic mass is 9.98. The van der Waals surface area contributed by atoms with Gasteiger partial charge >= 0.3 is 35.9 Å². The molecule has 1 aromatic rings. The number of aliphatic hydroxyl groups excluding tert-OH is 1. The topological polar surface area (TPSA) is 228 Å². The summed E-state index contributed by atoms with van der Waals surface area (Å²) in [6.07, 6.45) is -9.22. The van der Waals surface area contributed by atoms with E-state index in [4.69, 9.17) is 33.2 Å². The van der Waals surface area contributed by atoms with Crippen LogP contribution in [0.15, 0.2) is 30.3 Å². The van der Waals surface area contributed by atoms with Crippen molar-refractivity contribution < 1.29 is 71.8 Å². The maximum Gasteiger partial charge on any atom is 0.410 e. The van der Waals surface area contributed by atoms with Gasteiger partial charge < -0.3 is 48.9 Å². The van der Waals surface area contributed by atoms with E-state index in [2.05, 4.69) is 10.6 Å². The fourth-order valence-corrected chi connectivity index (χ4v) is 4.55. The third kappa shape index (κ3) is 13.2. The first-order valence-corrected chi connectivity index (χ1v) is 15.0. The normalized spacial score (nSPS) is 21.5. The summed E-state index contributed by atoms with van der Waals surface area (Å²) in [4.78, 5) is 86.5. The molecule has 1 aliphatic heterocycles. The molecule has 1 fully saturated rings. The smallest absolute Gasteiger partial charge is 0.410 e. The number of carbonyl (C=O) groups excluding carboxylic acids is 7. The molecule has 0 spiro atoms. The van der Waals surface area contributed by atoms with E-state index in [-0.39, 0.29) is 18.9 Å². The molecule has 0 saturated carbocycles. The zero-order valence-corrected chi connectivity index (χ0v) is 27.5. The van der Waals surface area contributed by atoms with Crippen LogP contribution in [0.1, 0.15) is 53.5 Å². The lowest BCUT2D eigenvalue weighted by molar-refractivity contribution is -0.294. The molecule has 2 rings (SSSR count). The van der Waals surface area contributed by atoms with Crippen LogP contribution in [0.25, 0.3) is 0 Å². The summed E-state index contributed by atoms with van der Waals surface area (Å²) < 4.78 is 37.2. The second kappa shape index (κ2) is 19.1. The first kappa shape index (κ1) is 39.4. The minimum Gasteiger partial charge on any atom is -0.463 e. The standard InChI is InChI=1S/C31H42N2O15/c1-16(2)12-22(28(39)32-23(13-34)29(40)43-14-21-10-8-7-9-11-21)33-31(41)48-30-27(46-20(6)38)26(45-19(5)37)25(44-18(4)36)24(47-30)15-42-17(3)35/h7-11,16,22-27,30,34H,12-15H2,1-6H3,(H,32,39)(H,33,41)/t22-,23-,24+,25-,26-,27+,30-/m0/s1. The highest BCUT2D eigenvalue weighted by Crippen LogP contribution is 2.30. The van der Waals surface area contributed by atoms with Crippen molar-refractivity contribution in [1.82, 2.24) is 10.6 Å². The summed E-state index contributed by atoms with van der Waals surface area (Å²) >= 11 is 0. The van der Waals surface area contributed by atoms with Gasteiger partial charge in [0.2, 0.25) is 18.3 Å². The Hall–Kier alpha value is -4.77. The Labute approximate surface area is 276 Å². The van der Waals surface area contributed by atoms with Crippen LogP contribution in [0.4, 0.5) is 4.79 Å². The van der Waals surface area contributed by atoms with Crippen molar-refractivity contribution >= 4 is 41.8 Å². The van der Waals surface area contributed by atoms with Crippen LogP contribution in [-0.4, -0.2) is 103 Å². The summed E-state index contributed by atoms with van der Waals surface area (Å²) in [5, 5.41) is 14.5. The van der Waals surface area contributed by atoms with Gasteiger partial charge in [-0.15, -0.1) is 0 Å². The van der Waals surface area contributed by atoms with E-state index in [0.29, 0.717) is 5.56 Å². The SMILES string of the molecule is CC(=O)OC[C@H]1O[C@@H](OC(=O)N[C@@H](CC(C)C)C(=O)N[C@@H](CO)C(=O)OCc2ccccc2)[C@H](OC(C)=O)[C@@H](OC(C)=O)[C@H]1OC(C)=O. The highest BCUT2D eigenvalue weighted by atomic mass is 16.8. The average Bonchev–Trinajstić information content (AvgIpc) is 2.99. The minimum absolute atomic E-state index is 0.0384. The van der Waals surface area contributed by atoms with Gasteiger partial charge in [0.1, 0.15) is 25.4 Å². The number of nitrogens with one attached hydrogen (secondary N) is 2. The van der Waals surface area contributed by atoms with Crippen molar-refractivity contribution in [3.05, 3.63) is 35.9 Å². The van der Waals surface area contributed by atoms with E-state index in [0.717, 1.165) is 27.7 Å². The van der Waals surface area contributed by atoms with E-state index in [1.54, 1.807) is 44.2 Å². The largest absolute Gasteiger partial charge is 0.463 e. The molecule has 1 aromatic carbocycles. The van der Waals surface area contributed by atoms with Gasteiger partial charge in [-0.1, -0.05) is 44.2 Å². The Morgan fingerprint density at radius 2 is 1.33 bits per heavy atom. The highest BCUT2D eigenvalue weighted by molar-refractivity contribution is 5.89. The number of rotatable bonds is 15. The summed E-state index contributed by atoms with van der Waals surface area (Å²) in [6, 6.07) is 5.94. The van der Waals surface area contributed by atoms with Gasteiger partial charge in [-0.3, -0.25) is 24.0 Å². The summed E-state index contributed by atoms with van der Waals surface area (Å²) in [7, 11) is 0. The number of esters is 5. The quantitative estimate of drug-likeness (QED) is 0.168. The van der Waals surface area contributed by atoms with Crippen LogP contribution >= 0.6 is 0 Å². The Morgan fingerprint density at radius 3 is 1.88 bits per heavy atom. The van der Waals surface area contributed by atoms with Crippen LogP contribution in [0.3, 0.4) is 0 Å². The van der Waals surface area contributed by atoms with Crippen LogP contribution < -0.4 is 10.6 Å². The predicted molar refractivity (Wildman–Crippen MR) is 160 cm³/mol. The molecule has 17 nitrogen and oxygen atoms in total. The molecule has 0 bridgehead atoms. The number of hydrogen-bond acceptors (Lipinski definition) is 15. The lowest BCUT2D eigenvalue weighted by Crippen LogP contribution is -2.63. The second-order valence-corrected chi connectivity index (χ2v) is 11.1. The van der Waals surface area contributed by atoms with Crippen molar-refractivity contribution in [2.45, 2.75) is 97.4 Å². The number of amides is 2. The average molecular weight is 683 g/mol. The van der Waals surface area contributed by atoms with Gasteiger partial charge in [-0.05, 0) is 17.9 Å². The van der Waals surface area contributed by atoms with Gasteiger partial charge in [0.15, 0.2) is 18.2 Å². The van der Waals surface area contributed by atoms with Crippen molar-refractivity contribution in [2.24, 2.45) is 5.92 Å². The number of aliphatic hydroxyl groups is 1. The number of ether oxygens (including phenoxy) is 7. The predicted octanol–water partition coefficient (Wildman–Crippen LogP) is 0.431. The first-order valence-electron chi connectivity index (χ1n) is 15.0. The molecule has 266 valence electrons. The van der Waals surface area contributed by atoms with E-state index < -0.39 is 97.9 Å². The number of alkyl carbamates (subject to hydrolysis) is 1. The molecule has 0 unspecified atom stereocenters. The van der Waals surface area contributed by atoms with Crippen molar-refractivity contribution in [2.75, 3.05) is 13.2 Å². The van der Waals surface area contributed by atoms with Gasteiger partial charge in [0, 0.05) is 27.7 Å². The molecular weight excluding hydrogens is 640 g/mol. The summed E-state index contributed by atoms with van der Waals surface area (Å²) in [6.45, 7) is 6.23. The third-order valence-electron chi connectivity index (χ3n) is 6.49.